The summed E-state index contributed by atoms with van der Waals surface area (Å²) in [5, 5.41) is 11.0. The summed E-state index contributed by atoms with van der Waals surface area (Å²) in [5.74, 6) is -1.35. The number of ether oxygens (including phenoxy) is 1. The molecule has 0 bridgehead atoms. The van der Waals surface area contributed by atoms with Gasteiger partial charge in [0.2, 0.25) is 0 Å². The summed E-state index contributed by atoms with van der Waals surface area (Å²) in [5.41, 5.74) is -3.26. The zero-order valence-electron chi connectivity index (χ0n) is 15.6. The van der Waals surface area contributed by atoms with Crippen LogP contribution < -0.4 is 4.74 Å². The second kappa shape index (κ2) is 5.06. The minimum atomic E-state index is -3.00. The number of nitro groups is 1. The van der Waals surface area contributed by atoms with Crippen LogP contribution in [0.2, 0.25) is 0 Å². The predicted octanol–water partition coefficient (Wildman–Crippen LogP) is 3.58. The first-order valence-electron chi connectivity index (χ1n) is 7.79. The van der Waals surface area contributed by atoms with Crippen molar-refractivity contribution in [3.05, 3.63) is 32.3 Å². The molecule has 0 radical (unpaired) electrons. The van der Waals surface area contributed by atoms with Crippen molar-refractivity contribution in [2.75, 3.05) is 0 Å². The van der Waals surface area contributed by atoms with E-state index in [0.717, 1.165) is 26.0 Å². The van der Waals surface area contributed by atoms with Crippen molar-refractivity contribution in [3.8, 4) is 5.75 Å². The molecule has 0 saturated carbocycles. The van der Waals surface area contributed by atoms with E-state index in [9.17, 15) is 14.9 Å². The van der Waals surface area contributed by atoms with E-state index in [0.29, 0.717) is 0 Å². The normalized spacial score (nSPS) is 17.5. The van der Waals surface area contributed by atoms with Crippen LogP contribution >= 0.6 is 15.9 Å². The van der Waals surface area contributed by atoms with Crippen LogP contribution in [0.25, 0.3) is 0 Å². The second-order valence-electron chi connectivity index (χ2n) is 3.78. The Balaban J connectivity index is 3.86. The van der Waals surface area contributed by atoms with Crippen molar-refractivity contribution < 1.29 is 22.7 Å². The molecular weight excluding hydrogens is 302 g/mol. The number of hydrogen-bond donors (Lipinski definition) is 0. The molecule has 18 heavy (non-hydrogen) atoms. The monoisotopic (exact) mass is 321 g/mol. The number of carbonyl (C=O) groups excluding carboxylic acids is 1. The van der Waals surface area contributed by atoms with E-state index in [1.165, 1.54) is 0 Å². The maximum atomic E-state index is 11.3. The first kappa shape index (κ1) is 7.89. The molecule has 0 aliphatic carbocycles. The molecule has 1 rings (SSSR count). The van der Waals surface area contributed by atoms with Gasteiger partial charge in [-0.3, -0.25) is 14.9 Å². The highest BCUT2D eigenvalue weighted by molar-refractivity contribution is 9.10. The molecule has 0 saturated heterocycles. The van der Waals surface area contributed by atoms with Gasteiger partial charge in [0.15, 0.2) is 0 Å². The highest BCUT2D eigenvalue weighted by atomic mass is 79.9. The molecule has 0 heterocycles. The van der Waals surface area contributed by atoms with E-state index in [1.807, 2.05) is 0 Å². The molecule has 6 heteroatoms. The zero-order chi connectivity index (χ0) is 19.1. The lowest BCUT2D eigenvalue weighted by Crippen LogP contribution is -2.15. The summed E-state index contributed by atoms with van der Waals surface area (Å²) >= 11 is 2.92. The molecule has 0 spiro atoms. The van der Waals surface area contributed by atoms with E-state index in [-0.39, 0.29) is 10.0 Å². The van der Waals surface area contributed by atoms with E-state index in [2.05, 4.69) is 15.9 Å². The zero-order valence-corrected chi connectivity index (χ0v) is 11.2. The first-order valence-corrected chi connectivity index (χ1v) is 5.59. The number of nitrogens with zero attached hydrogens (tertiary/aromatic N) is 1. The van der Waals surface area contributed by atoms with Gasteiger partial charge in [-0.05, 0) is 27.4 Å². The van der Waals surface area contributed by atoms with Gasteiger partial charge in [0, 0.05) is 20.7 Å². The largest absolute Gasteiger partial charge is 0.426 e. The van der Waals surface area contributed by atoms with Crippen LogP contribution in [0.5, 0.6) is 5.75 Å². The van der Waals surface area contributed by atoms with Crippen molar-refractivity contribution in [3.63, 3.8) is 0 Å². The summed E-state index contributed by atoms with van der Waals surface area (Å²) in [6.07, 6.45) is 0. The fourth-order valence-corrected chi connectivity index (χ4v) is 1.80. The van der Waals surface area contributed by atoms with Crippen molar-refractivity contribution in [2.45, 2.75) is 33.0 Å². The van der Waals surface area contributed by atoms with E-state index < -0.39 is 41.4 Å². The van der Waals surface area contributed by atoms with Crippen molar-refractivity contribution >= 4 is 27.6 Å². The molecule has 0 unspecified atom stereocenters. The quantitative estimate of drug-likeness (QED) is 0.361. The minimum Gasteiger partial charge on any atom is -0.426 e. The number of rotatable bonds is 2. The minimum absolute atomic E-state index is 0.127. The van der Waals surface area contributed by atoms with Gasteiger partial charge in [0.05, 0.1) is 15.5 Å². The smallest absolute Gasteiger partial charge is 0.308 e. The van der Waals surface area contributed by atoms with Crippen molar-refractivity contribution in [1.29, 1.82) is 0 Å². The molecule has 0 N–H and O–H groups in total. The topological polar surface area (TPSA) is 69.4 Å². The predicted molar refractivity (Wildman–Crippen MR) is 70.8 cm³/mol. The lowest BCUT2D eigenvalue weighted by atomic mass is 9.86. The van der Waals surface area contributed by atoms with Crippen LogP contribution in [0.3, 0.4) is 0 Å². The van der Waals surface area contributed by atoms with Gasteiger partial charge in [-0.25, -0.2) is 0 Å². The van der Waals surface area contributed by atoms with Crippen LogP contribution in [0.15, 0.2) is 16.6 Å². The molecule has 0 amide bonds. The third kappa shape index (κ3) is 3.29. The fourth-order valence-electron chi connectivity index (χ4n) is 1.31. The molecule has 5 nitrogen and oxygen atoms in total. The second-order valence-corrected chi connectivity index (χ2v) is 4.63. The first-order chi connectivity index (χ1) is 10.6. The van der Waals surface area contributed by atoms with Gasteiger partial charge in [-0.1, -0.05) is 20.6 Å². The Hall–Kier alpha value is -1.43. The average molecular weight is 322 g/mol. The average Bonchev–Trinajstić information content (AvgIpc) is 2.35. The van der Waals surface area contributed by atoms with Crippen LogP contribution in [0, 0.1) is 10.1 Å². The van der Waals surface area contributed by atoms with Crippen LogP contribution in [0.4, 0.5) is 5.69 Å². The summed E-state index contributed by atoms with van der Waals surface area (Å²) in [7, 11) is 0. The van der Waals surface area contributed by atoms with Crippen molar-refractivity contribution in [2.24, 2.45) is 0 Å². The summed E-state index contributed by atoms with van der Waals surface area (Å²) < 4.78 is 50.6. The highest BCUT2D eigenvalue weighted by Crippen LogP contribution is 2.38. The number of esters is 1. The Morgan fingerprint density at radius 2 is 2.17 bits per heavy atom. The summed E-state index contributed by atoms with van der Waals surface area (Å²) in [4.78, 5) is 21.5. The molecule has 98 valence electrons. The number of nitro benzene ring substituents is 1. The molecule has 0 aliphatic rings. The van der Waals surface area contributed by atoms with Gasteiger partial charge < -0.3 is 4.74 Å². The molecule has 0 fully saturated rings. The molecular formula is C12H14BrNO4. The van der Waals surface area contributed by atoms with Crippen LogP contribution in [-0.4, -0.2) is 10.9 Å². The van der Waals surface area contributed by atoms with Crippen LogP contribution in [0.1, 0.15) is 41.3 Å². The third-order valence-corrected chi connectivity index (χ3v) is 2.67. The number of benzene rings is 1. The van der Waals surface area contributed by atoms with Gasteiger partial charge in [0.25, 0.3) is 5.69 Å². The molecule has 0 atom stereocenters. The number of halogens is 1. The lowest BCUT2D eigenvalue weighted by Gasteiger charge is -2.22. The summed E-state index contributed by atoms with van der Waals surface area (Å²) in [6, 6.07) is 1.83. The molecule has 1 aromatic rings. The fraction of sp³-hybridized carbons (Fsp3) is 0.417. The van der Waals surface area contributed by atoms with Gasteiger partial charge in [-0.15, -0.1) is 0 Å². The van der Waals surface area contributed by atoms with E-state index in [1.54, 1.807) is 0 Å². The maximum Gasteiger partial charge on any atom is 0.308 e. The van der Waals surface area contributed by atoms with Gasteiger partial charge >= 0.3 is 5.97 Å². The Kier molecular flexibility index (Phi) is 2.21. The van der Waals surface area contributed by atoms with E-state index in [4.69, 9.17) is 13.0 Å². The Bertz CT molecular complexity index is 671. The van der Waals surface area contributed by atoms with Crippen molar-refractivity contribution in [1.82, 2.24) is 0 Å². The standard InChI is InChI=1S/C12H14BrNO4/c1-7(15)18-11-6-10(14(16)17)9(13)5-8(11)12(2,3)4/h5-6H,1-4H3/i2D3,3D3. The highest BCUT2D eigenvalue weighted by Gasteiger charge is 2.25. The summed E-state index contributed by atoms with van der Waals surface area (Å²) in [6.45, 7) is -4.00. The number of carbonyl (C=O) groups is 1. The Labute approximate surface area is 122 Å². The van der Waals surface area contributed by atoms with Crippen LogP contribution in [-0.2, 0) is 10.2 Å². The molecule has 1 aromatic carbocycles. The van der Waals surface area contributed by atoms with Gasteiger partial charge in [-0.2, -0.15) is 0 Å². The third-order valence-electron chi connectivity index (χ3n) is 2.04. The Morgan fingerprint density at radius 1 is 1.56 bits per heavy atom. The molecule has 0 aromatic heterocycles. The lowest BCUT2D eigenvalue weighted by molar-refractivity contribution is -0.385. The number of hydrogen-bond acceptors (Lipinski definition) is 4. The Morgan fingerprint density at radius 3 is 2.61 bits per heavy atom. The molecule has 0 aliphatic heterocycles. The SMILES string of the molecule is [2H]C([2H])([2H])C(C)(c1cc(Br)c([N+](=O)[O-])cc1OC(C)=O)C([2H])([2H])[2H]. The van der Waals surface area contributed by atoms with Gasteiger partial charge in [0.1, 0.15) is 5.75 Å². The maximum absolute atomic E-state index is 11.3. The van der Waals surface area contributed by atoms with E-state index >= 15 is 0 Å².